The van der Waals surface area contributed by atoms with Gasteiger partial charge in [-0.3, -0.25) is 4.90 Å². The van der Waals surface area contributed by atoms with Gasteiger partial charge in [-0.05, 0) is 18.4 Å². The number of hydrogen-bond acceptors (Lipinski definition) is 5. The van der Waals surface area contributed by atoms with Crippen molar-refractivity contribution in [2.75, 3.05) is 26.4 Å². The number of carbonyl (C=O) groups is 2. The van der Waals surface area contributed by atoms with Crippen LogP contribution in [-0.4, -0.2) is 43.3 Å². The summed E-state index contributed by atoms with van der Waals surface area (Å²) in [4.78, 5) is 26.8. The van der Waals surface area contributed by atoms with Gasteiger partial charge in [0, 0.05) is 11.5 Å². The van der Waals surface area contributed by atoms with E-state index in [1.165, 1.54) is 11.3 Å². The van der Waals surface area contributed by atoms with Crippen molar-refractivity contribution in [1.29, 1.82) is 0 Å². The largest absolute Gasteiger partial charge is 0.456 e. The van der Waals surface area contributed by atoms with Crippen LogP contribution in [0.25, 0.3) is 0 Å². The van der Waals surface area contributed by atoms with Gasteiger partial charge in [-0.2, -0.15) is 0 Å². The number of rotatable bonds is 5. The Kier molecular flexibility index (Phi) is 3.94. The minimum Gasteiger partial charge on any atom is -0.456 e. The first-order valence-corrected chi connectivity index (χ1v) is 7.69. The van der Waals surface area contributed by atoms with Crippen LogP contribution in [0.2, 0.25) is 0 Å². The predicted molar refractivity (Wildman–Crippen MR) is 76.8 cm³/mol. The van der Waals surface area contributed by atoms with Crippen LogP contribution in [0.3, 0.4) is 0 Å². The van der Waals surface area contributed by atoms with E-state index in [-0.39, 0.29) is 18.6 Å². The molecular weight excluding hydrogens is 292 g/mol. The second-order valence-electron chi connectivity index (χ2n) is 4.68. The molecule has 3 rings (SSSR count). The molecule has 0 bridgehead atoms. The number of esters is 1. The third kappa shape index (κ3) is 2.54. The zero-order valence-electron chi connectivity index (χ0n) is 11.6. The van der Waals surface area contributed by atoms with Crippen molar-refractivity contribution in [2.24, 2.45) is 0 Å². The number of thiophene rings is 1. The summed E-state index contributed by atoms with van der Waals surface area (Å²) in [5.74, 6) is -0.357. The standard InChI is InChI=1S/C14H16N2O4S/c1-2-19-6-5-16-9-8-20-13(17)11(9)12(15-14(16)18)10-4-3-7-21-10/h3-4,7,12H,2,5-6,8H2,1H3,(H,15,18). The van der Waals surface area contributed by atoms with Gasteiger partial charge in [-0.25, -0.2) is 9.59 Å². The van der Waals surface area contributed by atoms with Gasteiger partial charge in [-0.1, -0.05) is 6.07 Å². The summed E-state index contributed by atoms with van der Waals surface area (Å²) in [5.41, 5.74) is 1.19. The molecule has 0 radical (unpaired) electrons. The maximum atomic E-state index is 12.3. The van der Waals surface area contributed by atoms with Crippen molar-refractivity contribution in [1.82, 2.24) is 10.2 Å². The van der Waals surface area contributed by atoms with E-state index in [1.807, 2.05) is 24.4 Å². The van der Waals surface area contributed by atoms with Crippen molar-refractivity contribution in [3.63, 3.8) is 0 Å². The molecule has 21 heavy (non-hydrogen) atoms. The van der Waals surface area contributed by atoms with Crippen LogP contribution in [0, 0.1) is 0 Å². The van der Waals surface area contributed by atoms with Gasteiger partial charge in [-0.15, -0.1) is 11.3 Å². The summed E-state index contributed by atoms with van der Waals surface area (Å²) >= 11 is 1.51. The van der Waals surface area contributed by atoms with Crippen LogP contribution in [0.15, 0.2) is 28.8 Å². The lowest BCUT2D eigenvalue weighted by Crippen LogP contribution is -2.48. The molecule has 0 saturated heterocycles. The Morgan fingerprint density at radius 1 is 1.52 bits per heavy atom. The van der Waals surface area contributed by atoms with Crippen LogP contribution >= 0.6 is 11.3 Å². The van der Waals surface area contributed by atoms with Gasteiger partial charge in [0.2, 0.25) is 0 Å². The van der Waals surface area contributed by atoms with Crippen molar-refractivity contribution in [2.45, 2.75) is 13.0 Å². The number of ether oxygens (including phenoxy) is 2. The smallest absolute Gasteiger partial charge is 0.338 e. The van der Waals surface area contributed by atoms with Gasteiger partial charge in [0.15, 0.2) is 0 Å². The van der Waals surface area contributed by atoms with Gasteiger partial charge < -0.3 is 14.8 Å². The van der Waals surface area contributed by atoms with Gasteiger partial charge in [0.1, 0.15) is 6.61 Å². The first-order chi connectivity index (χ1) is 10.2. The molecule has 112 valence electrons. The van der Waals surface area contributed by atoms with Crippen molar-refractivity contribution in [3.8, 4) is 0 Å². The molecule has 1 aromatic heterocycles. The van der Waals surface area contributed by atoms with E-state index in [9.17, 15) is 9.59 Å². The molecule has 2 aliphatic heterocycles. The highest BCUT2D eigenvalue weighted by Gasteiger charge is 2.42. The third-order valence-corrected chi connectivity index (χ3v) is 4.43. The summed E-state index contributed by atoms with van der Waals surface area (Å²) in [6.45, 7) is 3.48. The molecule has 1 unspecified atom stereocenters. The van der Waals surface area contributed by atoms with Crippen LogP contribution in [0.5, 0.6) is 0 Å². The minimum absolute atomic E-state index is 0.148. The van der Waals surface area contributed by atoms with E-state index < -0.39 is 6.04 Å². The molecule has 0 spiro atoms. The van der Waals surface area contributed by atoms with Crippen LogP contribution in [0.1, 0.15) is 17.8 Å². The first-order valence-electron chi connectivity index (χ1n) is 6.81. The molecule has 6 nitrogen and oxygen atoms in total. The van der Waals surface area contributed by atoms with E-state index in [2.05, 4.69) is 5.32 Å². The van der Waals surface area contributed by atoms with Crippen molar-refractivity contribution < 1.29 is 19.1 Å². The monoisotopic (exact) mass is 308 g/mol. The van der Waals surface area contributed by atoms with E-state index in [0.29, 0.717) is 31.0 Å². The number of nitrogens with one attached hydrogen (secondary N) is 1. The Hall–Kier alpha value is -1.86. The molecule has 0 aliphatic carbocycles. The Morgan fingerprint density at radius 3 is 3.10 bits per heavy atom. The van der Waals surface area contributed by atoms with Crippen LogP contribution < -0.4 is 5.32 Å². The average Bonchev–Trinajstić information content (AvgIpc) is 3.11. The number of hydrogen-bond donors (Lipinski definition) is 1. The predicted octanol–water partition coefficient (Wildman–Crippen LogP) is 1.66. The van der Waals surface area contributed by atoms with Crippen molar-refractivity contribution in [3.05, 3.63) is 33.7 Å². The number of carbonyl (C=O) groups excluding carboxylic acids is 2. The highest BCUT2D eigenvalue weighted by molar-refractivity contribution is 7.10. The van der Waals surface area contributed by atoms with Crippen molar-refractivity contribution >= 4 is 23.3 Å². The number of urea groups is 1. The van der Waals surface area contributed by atoms with E-state index in [1.54, 1.807) is 4.90 Å². The fourth-order valence-electron chi connectivity index (χ4n) is 2.52. The molecule has 0 saturated carbocycles. The topological polar surface area (TPSA) is 67.9 Å². The second-order valence-corrected chi connectivity index (χ2v) is 5.66. The van der Waals surface area contributed by atoms with Gasteiger partial charge in [0.05, 0.1) is 30.5 Å². The zero-order valence-corrected chi connectivity index (χ0v) is 12.4. The molecule has 2 amide bonds. The highest BCUT2D eigenvalue weighted by Crippen LogP contribution is 2.36. The number of cyclic esters (lactones) is 1. The Balaban J connectivity index is 1.91. The maximum absolute atomic E-state index is 12.3. The third-order valence-electron chi connectivity index (χ3n) is 3.49. The molecule has 3 heterocycles. The quantitative estimate of drug-likeness (QED) is 0.663. The Labute approximate surface area is 126 Å². The molecule has 2 aliphatic rings. The number of nitrogens with zero attached hydrogens (tertiary/aromatic N) is 1. The van der Waals surface area contributed by atoms with Crippen LogP contribution in [0.4, 0.5) is 4.79 Å². The molecule has 1 aromatic rings. The van der Waals surface area contributed by atoms with E-state index in [0.717, 1.165) is 4.88 Å². The maximum Gasteiger partial charge on any atom is 0.338 e. The van der Waals surface area contributed by atoms with E-state index >= 15 is 0 Å². The summed E-state index contributed by atoms with van der Waals surface area (Å²) in [5, 5.41) is 4.80. The lowest BCUT2D eigenvalue weighted by atomic mass is 10.0. The summed E-state index contributed by atoms with van der Waals surface area (Å²) in [6, 6.07) is 3.17. The lowest BCUT2D eigenvalue weighted by Gasteiger charge is -2.32. The van der Waals surface area contributed by atoms with Gasteiger partial charge in [0.25, 0.3) is 0 Å². The molecule has 1 atom stereocenters. The second kappa shape index (κ2) is 5.87. The summed E-state index contributed by atoms with van der Waals surface area (Å²) < 4.78 is 10.4. The molecule has 0 aromatic carbocycles. The SMILES string of the molecule is CCOCCN1C(=O)NC(c2cccs2)C2=C1COC2=O. The number of amides is 2. The fraction of sp³-hybridized carbons (Fsp3) is 0.429. The van der Waals surface area contributed by atoms with Crippen LogP contribution in [-0.2, 0) is 14.3 Å². The normalized spacial score (nSPS) is 21.4. The summed E-state index contributed by atoms with van der Waals surface area (Å²) in [6.07, 6.45) is 0. The molecular formula is C14H16N2O4S. The molecule has 0 fully saturated rings. The summed E-state index contributed by atoms with van der Waals surface area (Å²) in [7, 11) is 0. The lowest BCUT2D eigenvalue weighted by molar-refractivity contribution is -0.136. The molecule has 7 heteroatoms. The van der Waals surface area contributed by atoms with E-state index in [4.69, 9.17) is 9.47 Å². The van der Waals surface area contributed by atoms with Gasteiger partial charge >= 0.3 is 12.0 Å². The first kappa shape index (κ1) is 14.1. The highest BCUT2D eigenvalue weighted by atomic mass is 32.1. The Bertz CT molecular complexity index is 582. The zero-order chi connectivity index (χ0) is 14.8. The fourth-order valence-corrected chi connectivity index (χ4v) is 3.30. The molecule has 1 N–H and O–H groups in total. The average molecular weight is 308 g/mol. The Morgan fingerprint density at radius 2 is 2.38 bits per heavy atom. The minimum atomic E-state index is -0.411.